The molecule has 2 rings (SSSR count). The van der Waals surface area contributed by atoms with Gasteiger partial charge in [-0.3, -0.25) is 0 Å². The fourth-order valence-electron chi connectivity index (χ4n) is 1.74. The van der Waals surface area contributed by atoms with Gasteiger partial charge in [-0.05, 0) is 0 Å². The van der Waals surface area contributed by atoms with Crippen molar-refractivity contribution in [1.82, 2.24) is 19.9 Å². The predicted octanol–water partition coefficient (Wildman–Crippen LogP) is 0.443. The number of aromatic nitrogens is 4. The molecule has 0 spiro atoms. The number of quaternary nitrogens is 1. The van der Waals surface area contributed by atoms with Crippen molar-refractivity contribution < 1.29 is 4.48 Å². The molecule has 0 saturated heterocycles. The van der Waals surface area contributed by atoms with Gasteiger partial charge in [-0.25, -0.2) is 4.98 Å². The van der Waals surface area contributed by atoms with Gasteiger partial charge < -0.3 is 20.5 Å². The number of imidazole rings is 1. The largest absolute Gasteiger partial charge is 0.368 e. The van der Waals surface area contributed by atoms with Gasteiger partial charge in [0.05, 0.1) is 34.0 Å². The van der Waals surface area contributed by atoms with E-state index >= 15 is 0 Å². The van der Waals surface area contributed by atoms with Gasteiger partial charge in [0, 0.05) is 13.0 Å². The first-order chi connectivity index (χ1) is 8.46. The third kappa shape index (κ3) is 3.07. The number of nitrogens with two attached hydrogens (primary N) is 1. The molecule has 0 amide bonds. The van der Waals surface area contributed by atoms with Gasteiger partial charge in [0.15, 0.2) is 11.5 Å². The quantitative estimate of drug-likeness (QED) is 0.529. The van der Waals surface area contributed by atoms with Crippen molar-refractivity contribution in [2.45, 2.75) is 6.42 Å². The summed E-state index contributed by atoms with van der Waals surface area (Å²) in [6, 6.07) is 0. The Bertz CT molecular complexity index is 526. The molecule has 0 fully saturated rings. The number of rotatable bonds is 5. The smallest absolute Gasteiger partial charge is 0.224 e. The van der Waals surface area contributed by atoms with Crippen molar-refractivity contribution in [2.24, 2.45) is 0 Å². The van der Waals surface area contributed by atoms with Gasteiger partial charge in [-0.2, -0.15) is 9.97 Å². The Labute approximate surface area is 106 Å². The lowest BCUT2D eigenvalue weighted by molar-refractivity contribution is -0.870. The molecule has 2 aromatic heterocycles. The topological polar surface area (TPSA) is 92.5 Å². The van der Waals surface area contributed by atoms with Gasteiger partial charge in [-0.15, -0.1) is 0 Å². The summed E-state index contributed by atoms with van der Waals surface area (Å²) in [4.78, 5) is 15.3. The maximum absolute atomic E-state index is 5.64. The zero-order valence-electron chi connectivity index (χ0n) is 11.1. The van der Waals surface area contributed by atoms with Crippen molar-refractivity contribution in [3.8, 4) is 0 Å². The molecule has 0 radical (unpaired) electrons. The van der Waals surface area contributed by atoms with Crippen LogP contribution in [0.2, 0.25) is 0 Å². The number of anilines is 2. The van der Waals surface area contributed by atoms with Gasteiger partial charge >= 0.3 is 0 Å². The normalized spacial score (nSPS) is 11.9. The van der Waals surface area contributed by atoms with E-state index in [0.29, 0.717) is 5.65 Å². The molecule has 2 heterocycles. The fourth-order valence-corrected chi connectivity index (χ4v) is 1.74. The maximum atomic E-state index is 5.64. The van der Waals surface area contributed by atoms with Crippen LogP contribution in [0.3, 0.4) is 0 Å². The maximum Gasteiger partial charge on any atom is 0.224 e. The van der Waals surface area contributed by atoms with E-state index in [4.69, 9.17) is 5.73 Å². The average Bonchev–Trinajstić information content (AvgIpc) is 2.70. The summed E-state index contributed by atoms with van der Waals surface area (Å²) in [5.41, 5.74) is 7.03. The van der Waals surface area contributed by atoms with Crippen LogP contribution in [0.4, 0.5) is 11.8 Å². The van der Waals surface area contributed by atoms with Crippen molar-refractivity contribution in [2.75, 3.05) is 45.3 Å². The lowest BCUT2D eigenvalue weighted by atomic mass is 10.3. The second-order valence-corrected chi connectivity index (χ2v) is 5.33. The van der Waals surface area contributed by atoms with E-state index in [1.807, 2.05) is 0 Å². The Kier molecular flexibility index (Phi) is 3.33. The summed E-state index contributed by atoms with van der Waals surface area (Å²) in [5, 5.41) is 3.27. The highest BCUT2D eigenvalue weighted by Gasteiger charge is 2.09. The molecule has 0 aliphatic heterocycles. The highest BCUT2D eigenvalue weighted by Crippen LogP contribution is 2.16. The number of H-pyrrole nitrogens is 1. The third-order valence-corrected chi connectivity index (χ3v) is 2.60. The molecular weight excluding hydrogens is 230 g/mol. The van der Waals surface area contributed by atoms with E-state index in [0.717, 1.165) is 35.3 Å². The number of aromatic amines is 1. The molecule has 7 heteroatoms. The van der Waals surface area contributed by atoms with Gasteiger partial charge in [0.1, 0.15) is 5.52 Å². The fraction of sp³-hybridized carbons (Fsp3) is 0.545. The van der Waals surface area contributed by atoms with Crippen LogP contribution in [0.25, 0.3) is 11.2 Å². The number of nitrogens with zero attached hydrogens (tertiary/aromatic N) is 4. The first kappa shape index (κ1) is 12.6. The first-order valence-electron chi connectivity index (χ1n) is 5.97. The lowest BCUT2D eigenvalue weighted by Gasteiger charge is -2.23. The van der Waals surface area contributed by atoms with E-state index in [-0.39, 0.29) is 5.95 Å². The molecule has 0 bridgehead atoms. The van der Waals surface area contributed by atoms with E-state index < -0.39 is 0 Å². The SMILES string of the molecule is C[N+](C)(C)CCCNc1nc(N)nc2nc[nH]c12. The Balaban J connectivity index is 2.01. The van der Waals surface area contributed by atoms with E-state index in [1.54, 1.807) is 6.33 Å². The highest BCUT2D eigenvalue weighted by molar-refractivity contribution is 5.83. The Morgan fingerprint density at radius 3 is 2.83 bits per heavy atom. The number of nitrogens with one attached hydrogen (secondary N) is 2. The summed E-state index contributed by atoms with van der Waals surface area (Å²) >= 11 is 0. The molecular formula is C11H20N7+. The van der Waals surface area contributed by atoms with Crippen LogP contribution < -0.4 is 11.1 Å². The molecule has 0 aliphatic carbocycles. The van der Waals surface area contributed by atoms with E-state index in [9.17, 15) is 0 Å². The van der Waals surface area contributed by atoms with Crippen LogP contribution in [0.5, 0.6) is 0 Å². The van der Waals surface area contributed by atoms with Crippen LogP contribution in [-0.2, 0) is 0 Å². The first-order valence-corrected chi connectivity index (χ1v) is 5.97. The number of hydrogen-bond donors (Lipinski definition) is 3. The molecule has 0 aromatic carbocycles. The molecule has 0 aliphatic rings. The summed E-state index contributed by atoms with van der Waals surface area (Å²) in [6.45, 7) is 1.94. The van der Waals surface area contributed by atoms with Crippen LogP contribution >= 0.6 is 0 Å². The summed E-state index contributed by atoms with van der Waals surface area (Å²) in [6.07, 6.45) is 2.65. The molecule has 0 saturated carbocycles. The van der Waals surface area contributed by atoms with Crippen LogP contribution in [0, 0.1) is 0 Å². The zero-order valence-corrected chi connectivity index (χ0v) is 11.1. The minimum atomic E-state index is 0.240. The molecule has 98 valence electrons. The lowest BCUT2D eigenvalue weighted by Crippen LogP contribution is -2.36. The van der Waals surface area contributed by atoms with E-state index in [2.05, 4.69) is 46.4 Å². The molecule has 7 nitrogen and oxygen atoms in total. The molecule has 0 unspecified atom stereocenters. The Hall–Kier alpha value is -1.89. The molecule has 4 N–H and O–H groups in total. The van der Waals surface area contributed by atoms with Crippen LogP contribution in [0.1, 0.15) is 6.42 Å². The van der Waals surface area contributed by atoms with Crippen molar-refractivity contribution in [3.63, 3.8) is 0 Å². The van der Waals surface area contributed by atoms with Crippen LogP contribution in [0.15, 0.2) is 6.33 Å². The molecule has 0 atom stereocenters. The highest BCUT2D eigenvalue weighted by atomic mass is 15.3. The molecule has 18 heavy (non-hydrogen) atoms. The van der Waals surface area contributed by atoms with Gasteiger partial charge in [0.2, 0.25) is 5.95 Å². The van der Waals surface area contributed by atoms with Gasteiger partial charge in [-0.1, -0.05) is 0 Å². The number of fused-ring (bicyclic) bond motifs is 1. The number of nitrogen functional groups attached to an aromatic ring is 1. The Morgan fingerprint density at radius 2 is 2.11 bits per heavy atom. The number of hydrogen-bond acceptors (Lipinski definition) is 5. The summed E-state index contributed by atoms with van der Waals surface area (Å²) in [5.74, 6) is 0.958. The zero-order chi connectivity index (χ0) is 13.2. The average molecular weight is 250 g/mol. The van der Waals surface area contributed by atoms with Gasteiger partial charge in [0.25, 0.3) is 0 Å². The van der Waals surface area contributed by atoms with Crippen LogP contribution in [-0.4, -0.2) is 58.7 Å². The minimum Gasteiger partial charge on any atom is -0.368 e. The summed E-state index contributed by atoms with van der Waals surface area (Å²) < 4.78 is 0.951. The second kappa shape index (κ2) is 4.77. The third-order valence-electron chi connectivity index (χ3n) is 2.60. The van der Waals surface area contributed by atoms with Crippen molar-refractivity contribution >= 4 is 22.9 Å². The monoisotopic (exact) mass is 250 g/mol. The minimum absolute atomic E-state index is 0.240. The Morgan fingerprint density at radius 1 is 1.33 bits per heavy atom. The van der Waals surface area contributed by atoms with E-state index in [1.165, 1.54) is 0 Å². The summed E-state index contributed by atoms with van der Waals surface area (Å²) in [7, 11) is 6.53. The standard InChI is InChI=1S/C11H20N7/c1-18(2,3)6-4-5-13-9-8-10(15-7-14-8)17-11(12)16-9/h7H,4-6H2,1-3H3,(H4,12,13,14,15,16,17)/q+1. The second-order valence-electron chi connectivity index (χ2n) is 5.33. The van der Waals surface area contributed by atoms with Crippen molar-refractivity contribution in [3.05, 3.63) is 6.33 Å². The molecule has 2 aromatic rings. The predicted molar refractivity (Wildman–Crippen MR) is 72.1 cm³/mol. The van der Waals surface area contributed by atoms with Crippen molar-refractivity contribution in [1.29, 1.82) is 0 Å².